The second-order valence-corrected chi connectivity index (χ2v) is 4.26. The van der Waals surface area contributed by atoms with Gasteiger partial charge in [-0.05, 0) is 26.7 Å². The van der Waals surface area contributed by atoms with Gasteiger partial charge in [-0.15, -0.1) is 0 Å². The van der Waals surface area contributed by atoms with Crippen LogP contribution in [0.3, 0.4) is 0 Å². The molecule has 0 aromatic rings. The molecule has 3 nitrogen and oxygen atoms in total. The van der Waals surface area contributed by atoms with Crippen LogP contribution in [-0.2, 0) is 14.3 Å². The molecule has 0 aliphatic heterocycles. The quantitative estimate of drug-likeness (QED) is 0.560. The number of halogens is 2. The molecule has 0 rings (SSSR count). The van der Waals surface area contributed by atoms with E-state index in [4.69, 9.17) is 4.74 Å². The zero-order valence-corrected chi connectivity index (χ0v) is 10.8. The molecule has 0 heterocycles. The van der Waals surface area contributed by atoms with Gasteiger partial charge in [0.2, 0.25) is 5.78 Å². The Morgan fingerprint density at radius 3 is 2.12 bits per heavy atom. The Hall–Kier alpha value is -0.550. The SMILES string of the molecule is CC(=O)C(F)(F)OCCCCCCOC(C)C. The highest BCUT2D eigenvalue weighted by molar-refractivity contribution is 5.81. The molecule has 17 heavy (non-hydrogen) atoms. The minimum Gasteiger partial charge on any atom is -0.379 e. The maximum atomic E-state index is 12.7. The Bertz CT molecular complexity index is 218. The van der Waals surface area contributed by atoms with Gasteiger partial charge in [-0.25, -0.2) is 0 Å². The van der Waals surface area contributed by atoms with Gasteiger partial charge in [0.1, 0.15) is 0 Å². The zero-order valence-electron chi connectivity index (χ0n) is 10.8. The highest BCUT2D eigenvalue weighted by Gasteiger charge is 2.35. The molecule has 5 heteroatoms. The number of alkyl halides is 2. The summed E-state index contributed by atoms with van der Waals surface area (Å²) in [5.41, 5.74) is 0. The first-order valence-electron chi connectivity index (χ1n) is 6.00. The predicted molar refractivity (Wildman–Crippen MR) is 61.1 cm³/mol. The van der Waals surface area contributed by atoms with Crippen LogP contribution < -0.4 is 0 Å². The molecule has 0 bridgehead atoms. The lowest BCUT2D eigenvalue weighted by atomic mass is 10.2. The van der Waals surface area contributed by atoms with Crippen molar-refractivity contribution in [3.05, 3.63) is 0 Å². The number of unbranched alkanes of at least 4 members (excludes halogenated alkanes) is 3. The van der Waals surface area contributed by atoms with Crippen molar-refractivity contribution < 1.29 is 23.0 Å². The third-order valence-corrected chi connectivity index (χ3v) is 2.18. The number of ketones is 1. The average molecular weight is 252 g/mol. The zero-order chi connectivity index (χ0) is 13.3. The molecule has 102 valence electrons. The summed E-state index contributed by atoms with van der Waals surface area (Å²) >= 11 is 0. The molecule has 0 fully saturated rings. The van der Waals surface area contributed by atoms with Crippen molar-refractivity contribution in [2.24, 2.45) is 0 Å². The lowest BCUT2D eigenvalue weighted by Crippen LogP contribution is -2.30. The Balaban J connectivity index is 3.33. The highest BCUT2D eigenvalue weighted by Crippen LogP contribution is 2.17. The summed E-state index contributed by atoms with van der Waals surface area (Å²) in [6.45, 7) is 5.37. The molecule has 0 spiro atoms. The maximum Gasteiger partial charge on any atom is 0.415 e. The fourth-order valence-corrected chi connectivity index (χ4v) is 1.18. The molecular weight excluding hydrogens is 230 g/mol. The van der Waals surface area contributed by atoms with Gasteiger partial charge in [0.05, 0.1) is 12.7 Å². The Labute approximate surface area is 101 Å². The van der Waals surface area contributed by atoms with Gasteiger partial charge in [0, 0.05) is 13.5 Å². The number of Topliss-reactive ketones (excluding diaryl/α,β-unsaturated/α-hetero) is 1. The fraction of sp³-hybridized carbons (Fsp3) is 0.917. The van der Waals surface area contributed by atoms with Crippen molar-refractivity contribution in [1.29, 1.82) is 0 Å². The van der Waals surface area contributed by atoms with Crippen LogP contribution in [-0.4, -0.2) is 31.2 Å². The fourth-order valence-electron chi connectivity index (χ4n) is 1.18. The topological polar surface area (TPSA) is 35.5 Å². The van der Waals surface area contributed by atoms with E-state index in [0.29, 0.717) is 13.0 Å². The van der Waals surface area contributed by atoms with E-state index in [9.17, 15) is 13.6 Å². The van der Waals surface area contributed by atoms with Crippen LogP contribution >= 0.6 is 0 Å². The monoisotopic (exact) mass is 252 g/mol. The van der Waals surface area contributed by atoms with Crippen LogP contribution in [0.1, 0.15) is 46.5 Å². The van der Waals surface area contributed by atoms with Crippen LogP contribution in [0, 0.1) is 0 Å². The predicted octanol–water partition coefficient (Wildman–Crippen LogP) is 3.17. The lowest BCUT2D eigenvalue weighted by molar-refractivity contribution is -0.227. The molecule has 0 aliphatic rings. The van der Waals surface area contributed by atoms with E-state index >= 15 is 0 Å². The van der Waals surface area contributed by atoms with E-state index in [1.807, 2.05) is 13.8 Å². The number of hydrogen-bond donors (Lipinski definition) is 0. The first kappa shape index (κ1) is 16.4. The summed E-state index contributed by atoms with van der Waals surface area (Å²) in [6.07, 6.45) is -0.225. The summed E-state index contributed by atoms with van der Waals surface area (Å²) in [6, 6.07) is 0. The number of ether oxygens (including phenoxy) is 2. The molecule has 0 atom stereocenters. The minimum absolute atomic E-state index is 0.0857. The molecule has 0 unspecified atom stereocenters. The van der Waals surface area contributed by atoms with Gasteiger partial charge in [-0.3, -0.25) is 4.79 Å². The van der Waals surface area contributed by atoms with E-state index in [-0.39, 0.29) is 12.7 Å². The summed E-state index contributed by atoms with van der Waals surface area (Å²) in [5.74, 6) is -1.25. The minimum atomic E-state index is -3.62. The van der Waals surface area contributed by atoms with Crippen molar-refractivity contribution in [3.63, 3.8) is 0 Å². The molecule has 0 saturated heterocycles. The first-order chi connectivity index (χ1) is 7.86. The van der Waals surface area contributed by atoms with Crippen molar-refractivity contribution in [2.75, 3.05) is 13.2 Å². The third-order valence-electron chi connectivity index (χ3n) is 2.18. The van der Waals surface area contributed by atoms with Gasteiger partial charge in [-0.1, -0.05) is 12.8 Å². The third kappa shape index (κ3) is 9.18. The molecule has 0 saturated carbocycles. The molecular formula is C12H22F2O3. The van der Waals surface area contributed by atoms with Crippen molar-refractivity contribution >= 4 is 5.78 Å². The molecule has 0 radical (unpaired) electrons. The van der Waals surface area contributed by atoms with E-state index in [1.165, 1.54) is 0 Å². The standard InChI is InChI=1S/C12H22F2O3/c1-10(2)16-8-6-4-5-7-9-17-12(13,14)11(3)15/h10H,4-9H2,1-3H3. The van der Waals surface area contributed by atoms with Gasteiger partial charge in [0.25, 0.3) is 0 Å². The average Bonchev–Trinajstić information content (AvgIpc) is 2.21. The van der Waals surface area contributed by atoms with E-state index in [0.717, 1.165) is 26.2 Å². The van der Waals surface area contributed by atoms with Crippen LogP contribution in [0.4, 0.5) is 8.78 Å². The van der Waals surface area contributed by atoms with Crippen molar-refractivity contribution in [1.82, 2.24) is 0 Å². The van der Waals surface area contributed by atoms with Gasteiger partial charge >= 0.3 is 6.11 Å². The number of rotatable bonds is 10. The van der Waals surface area contributed by atoms with Crippen LogP contribution in [0.2, 0.25) is 0 Å². The number of hydrogen-bond acceptors (Lipinski definition) is 3. The summed E-state index contributed by atoms with van der Waals surface area (Å²) in [7, 11) is 0. The van der Waals surface area contributed by atoms with Crippen molar-refractivity contribution in [3.8, 4) is 0 Å². The highest BCUT2D eigenvalue weighted by atomic mass is 19.3. The normalized spacial score (nSPS) is 12.1. The maximum absolute atomic E-state index is 12.7. The Morgan fingerprint density at radius 2 is 1.65 bits per heavy atom. The largest absolute Gasteiger partial charge is 0.415 e. The van der Waals surface area contributed by atoms with E-state index in [2.05, 4.69) is 4.74 Å². The summed E-state index contributed by atoms with van der Waals surface area (Å²) in [5, 5.41) is 0. The number of carbonyl (C=O) groups excluding carboxylic acids is 1. The van der Waals surface area contributed by atoms with Crippen LogP contribution in [0.5, 0.6) is 0 Å². The summed E-state index contributed by atoms with van der Waals surface area (Å²) in [4.78, 5) is 10.4. The second-order valence-electron chi connectivity index (χ2n) is 4.26. The van der Waals surface area contributed by atoms with Gasteiger partial charge < -0.3 is 9.47 Å². The van der Waals surface area contributed by atoms with Crippen LogP contribution in [0.25, 0.3) is 0 Å². The summed E-state index contributed by atoms with van der Waals surface area (Å²) < 4.78 is 34.9. The number of carbonyl (C=O) groups is 1. The molecule has 0 aliphatic carbocycles. The lowest BCUT2D eigenvalue weighted by Gasteiger charge is -2.13. The smallest absolute Gasteiger partial charge is 0.379 e. The van der Waals surface area contributed by atoms with Crippen molar-refractivity contribution in [2.45, 2.75) is 58.7 Å². The Morgan fingerprint density at radius 1 is 1.12 bits per heavy atom. The second kappa shape index (κ2) is 8.53. The van der Waals surface area contributed by atoms with Gasteiger partial charge in [0.15, 0.2) is 0 Å². The van der Waals surface area contributed by atoms with E-state index in [1.54, 1.807) is 0 Å². The Kier molecular flexibility index (Phi) is 8.25. The first-order valence-corrected chi connectivity index (χ1v) is 6.00. The molecule has 0 aromatic heterocycles. The van der Waals surface area contributed by atoms with Crippen LogP contribution in [0.15, 0.2) is 0 Å². The molecule has 0 N–H and O–H groups in total. The molecule has 0 amide bonds. The van der Waals surface area contributed by atoms with E-state index < -0.39 is 11.9 Å². The molecule has 0 aromatic carbocycles. The van der Waals surface area contributed by atoms with Gasteiger partial charge in [-0.2, -0.15) is 8.78 Å².